The molecule has 4 nitrogen and oxygen atoms in total. The molecule has 3 aromatic rings. The zero-order chi connectivity index (χ0) is 19.7. The van der Waals surface area contributed by atoms with E-state index in [2.05, 4.69) is 23.7 Å². The average molecular weight is 396 g/mol. The van der Waals surface area contributed by atoms with Crippen molar-refractivity contribution >= 4 is 22.5 Å². The minimum Gasteiger partial charge on any atom is -0.301 e. The Bertz CT molecular complexity index is 1030. The van der Waals surface area contributed by atoms with Gasteiger partial charge in [0.05, 0.1) is 17.2 Å². The van der Waals surface area contributed by atoms with Crippen LogP contribution >= 0.6 is 11.6 Å². The van der Waals surface area contributed by atoms with Crippen LogP contribution in [0.5, 0.6) is 0 Å². The molecule has 2 heterocycles. The fourth-order valence-electron chi connectivity index (χ4n) is 4.10. The number of piperidine rings is 1. The number of hydrogen-bond acceptors (Lipinski definition) is 3. The van der Waals surface area contributed by atoms with Crippen molar-refractivity contribution < 1.29 is 0 Å². The Morgan fingerprint density at radius 1 is 1.14 bits per heavy atom. The van der Waals surface area contributed by atoms with Crippen LogP contribution in [0.25, 0.3) is 22.0 Å². The molecule has 0 spiro atoms. The van der Waals surface area contributed by atoms with E-state index in [4.69, 9.17) is 11.6 Å². The van der Waals surface area contributed by atoms with Crippen molar-refractivity contribution in [2.24, 2.45) is 5.92 Å². The molecule has 0 amide bonds. The zero-order valence-electron chi connectivity index (χ0n) is 16.4. The Morgan fingerprint density at radius 2 is 1.89 bits per heavy atom. The van der Waals surface area contributed by atoms with Gasteiger partial charge in [0.1, 0.15) is 0 Å². The summed E-state index contributed by atoms with van der Waals surface area (Å²) in [5.74, 6) is 0.493. The lowest BCUT2D eigenvalue weighted by Gasteiger charge is -2.35. The summed E-state index contributed by atoms with van der Waals surface area (Å²) < 4.78 is 1.79. The smallest absolute Gasteiger partial charge is 0.261 e. The standard InChI is InChI=1S/C23H26ClN3O/c1-16(2)26-11-3-4-17(13-26)14-27-15-25-22-10-7-19(12-21(22)23(27)28)18-5-8-20(24)9-6-18/h5-10,12,15-17H,3-4,11,13-14H2,1-2H3/t17-/m0/s1. The van der Waals surface area contributed by atoms with Crippen LogP contribution in [0.15, 0.2) is 53.6 Å². The van der Waals surface area contributed by atoms with E-state index < -0.39 is 0 Å². The first kappa shape index (κ1) is 19.2. The van der Waals surface area contributed by atoms with Crippen LogP contribution in [0.2, 0.25) is 5.02 Å². The molecule has 1 aliphatic rings. The second kappa shape index (κ2) is 8.06. The maximum Gasteiger partial charge on any atom is 0.261 e. The summed E-state index contributed by atoms with van der Waals surface area (Å²) in [5.41, 5.74) is 2.83. The predicted molar refractivity (Wildman–Crippen MR) is 116 cm³/mol. The van der Waals surface area contributed by atoms with Crippen LogP contribution in [0.1, 0.15) is 26.7 Å². The molecule has 0 unspecified atom stereocenters. The van der Waals surface area contributed by atoms with Gasteiger partial charge in [0.15, 0.2) is 0 Å². The highest BCUT2D eigenvalue weighted by Crippen LogP contribution is 2.24. The molecule has 1 saturated heterocycles. The fraction of sp³-hybridized carbons (Fsp3) is 0.391. The van der Waals surface area contributed by atoms with Crippen LogP contribution in [0.4, 0.5) is 0 Å². The molecule has 0 aliphatic carbocycles. The fourth-order valence-corrected chi connectivity index (χ4v) is 4.23. The minimum absolute atomic E-state index is 0.0440. The molecular weight excluding hydrogens is 370 g/mol. The van der Waals surface area contributed by atoms with Crippen molar-refractivity contribution in [1.29, 1.82) is 0 Å². The molecule has 4 rings (SSSR count). The number of hydrogen-bond donors (Lipinski definition) is 0. The largest absolute Gasteiger partial charge is 0.301 e. The van der Waals surface area contributed by atoms with Gasteiger partial charge in [-0.3, -0.25) is 9.36 Å². The van der Waals surface area contributed by atoms with E-state index in [0.717, 1.165) is 36.3 Å². The van der Waals surface area contributed by atoms with E-state index >= 15 is 0 Å². The molecule has 146 valence electrons. The van der Waals surface area contributed by atoms with Crippen molar-refractivity contribution in [3.8, 4) is 11.1 Å². The third-order valence-electron chi connectivity index (χ3n) is 5.74. The lowest BCUT2D eigenvalue weighted by Crippen LogP contribution is -2.42. The van der Waals surface area contributed by atoms with Gasteiger partial charge in [-0.05, 0) is 74.5 Å². The normalized spacial score (nSPS) is 18.1. The third-order valence-corrected chi connectivity index (χ3v) is 5.99. The second-order valence-electron chi connectivity index (χ2n) is 8.04. The lowest BCUT2D eigenvalue weighted by atomic mass is 9.97. The number of likely N-dealkylation sites (tertiary alicyclic amines) is 1. The number of fused-ring (bicyclic) bond motifs is 1. The van der Waals surface area contributed by atoms with E-state index in [-0.39, 0.29) is 5.56 Å². The molecule has 0 bridgehead atoms. The second-order valence-corrected chi connectivity index (χ2v) is 8.47. The number of benzene rings is 2. The molecule has 0 N–H and O–H groups in total. The summed E-state index contributed by atoms with van der Waals surface area (Å²) >= 11 is 6.00. The first-order valence-electron chi connectivity index (χ1n) is 10.0. The van der Waals surface area contributed by atoms with Gasteiger partial charge in [0.25, 0.3) is 5.56 Å². The number of halogens is 1. The summed E-state index contributed by atoms with van der Waals surface area (Å²) in [5, 5.41) is 1.38. The van der Waals surface area contributed by atoms with Gasteiger partial charge in [0, 0.05) is 24.2 Å². The van der Waals surface area contributed by atoms with Gasteiger partial charge in [-0.1, -0.05) is 29.8 Å². The first-order valence-corrected chi connectivity index (χ1v) is 10.4. The molecular formula is C23H26ClN3O. The highest BCUT2D eigenvalue weighted by atomic mass is 35.5. The molecule has 1 fully saturated rings. The van der Waals surface area contributed by atoms with Crippen LogP contribution < -0.4 is 5.56 Å². The van der Waals surface area contributed by atoms with Gasteiger partial charge in [-0.25, -0.2) is 4.98 Å². The van der Waals surface area contributed by atoms with Crippen molar-refractivity contribution in [3.05, 3.63) is 64.2 Å². The highest BCUT2D eigenvalue weighted by Gasteiger charge is 2.22. The van der Waals surface area contributed by atoms with Crippen molar-refractivity contribution in [1.82, 2.24) is 14.5 Å². The average Bonchev–Trinajstić information content (AvgIpc) is 2.71. The van der Waals surface area contributed by atoms with Crippen LogP contribution in [-0.4, -0.2) is 33.6 Å². The Kier molecular flexibility index (Phi) is 5.51. The third kappa shape index (κ3) is 3.98. The Balaban J connectivity index is 1.64. The molecule has 1 aromatic heterocycles. The molecule has 0 saturated carbocycles. The van der Waals surface area contributed by atoms with Gasteiger partial charge in [-0.15, -0.1) is 0 Å². The molecule has 2 aromatic carbocycles. The molecule has 5 heteroatoms. The summed E-state index contributed by atoms with van der Waals surface area (Å²) in [6.45, 7) is 7.42. The minimum atomic E-state index is 0.0440. The summed E-state index contributed by atoms with van der Waals surface area (Å²) in [6, 6.07) is 14.1. The van der Waals surface area contributed by atoms with E-state index in [1.165, 1.54) is 12.8 Å². The monoisotopic (exact) mass is 395 g/mol. The first-order chi connectivity index (χ1) is 13.5. The van der Waals surface area contributed by atoms with Crippen molar-refractivity contribution in [2.75, 3.05) is 13.1 Å². The van der Waals surface area contributed by atoms with Crippen molar-refractivity contribution in [2.45, 2.75) is 39.3 Å². The number of aromatic nitrogens is 2. The number of nitrogens with zero attached hydrogens (tertiary/aromatic N) is 3. The molecule has 0 radical (unpaired) electrons. The summed E-state index contributed by atoms with van der Waals surface area (Å²) in [6.07, 6.45) is 4.07. The molecule has 28 heavy (non-hydrogen) atoms. The van der Waals surface area contributed by atoms with Crippen molar-refractivity contribution in [3.63, 3.8) is 0 Å². The molecule has 1 atom stereocenters. The van der Waals surface area contributed by atoms with Crippen LogP contribution in [0.3, 0.4) is 0 Å². The SMILES string of the molecule is CC(C)N1CCC[C@H](Cn2cnc3ccc(-c4ccc(Cl)cc4)cc3c2=O)C1. The topological polar surface area (TPSA) is 38.1 Å². The highest BCUT2D eigenvalue weighted by molar-refractivity contribution is 6.30. The van der Waals surface area contributed by atoms with Crippen LogP contribution in [-0.2, 0) is 6.54 Å². The van der Waals surface area contributed by atoms with Gasteiger partial charge >= 0.3 is 0 Å². The molecule has 1 aliphatic heterocycles. The Morgan fingerprint density at radius 3 is 2.64 bits per heavy atom. The van der Waals surface area contributed by atoms with E-state index in [0.29, 0.717) is 22.4 Å². The summed E-state index contributed by atoms with van der Waals surface area (Å²) in [7, 11) is 0. The zero-order valence-corrected chi connectivity index (χ0v) is 17.2. The van der Waals surface area contributed by atoms with Gasteiger partial charge in [0.2, 0.25) is 0 Å². The van der Waals surface area contributed by atoms with E-state index in [1.54, 1.807) is 10.9 Å². The maximum absolute atomic E-state index is 13.1. The van der Waals surface area contributed by atoms with Gasteiger partial charge < -0.3 is 4.90 Å². The van der Waals surface area contributed by atoms with E-state index in [1.807, 2.05) is 42.5 Å². The van der Waals surface area contributed by atoms with E-state index in [9.17, 15) is 4.79 Å². The predicted octanol–water partition coefficient (Wildman–Crippen LogP) is 4.84. The lowest BCUT2D eigenvalue weighted by molar-refractivity contribution is 0.130. The number of rotatable bonds is 4. The quantitative estimate of drug-likeness (QED) is 0.634. The Hall–Kier alpha value is -2.17. The Labute approximate surface area is 170 Å². The van der Waals surface area contributed by atoms with Gasteiger partial charge in [-0.2, -0.15) is 0 Å². The van der Waals surface area contributed by atoms with Crippen LogP contribution in [0, 0.1) is 5.92 Å². The summed E-state index contributed by atoms with van der Waals surface area (Å²) in [4.78, 5) is 20.2. The maximum atomic E-state index is 13.1.